The monoisotopic (exact) mass is 157 g/mol. The van der Waals surface area contributed by atoms with Crippen molar-refractivity contribution in [3.63, 3.8) is 0 Å². The van der Waals surface area contributed by atoms with Gasteiger partial charge in [0, 0.05) is 5.56 Å². The van der Waals surface area contributed by atoms with Crippen LogP contribution in [0, 0.1) is 13.2 Å². The largest absolute Gasteiger partial charge is 0.453 e. The summed E-state index contributed by atoms with van der Waals surface area (Å²) in [4.78, 5) is 0. The first-order valence-electron chi connectivity index (χ1n) is 3.90. The molecular formula is C11H9O. The highest BCUT2D eigenvalue weighted by Gasteiger charge is 2.01. The van der Waals surface area contributed by atoms with Gasteiger partial charge in [0.2, 0.25) is 0 Å². The van der Waals surface area contributed by atoms with Crippen LogP contribution in [0.4, 0.5) is 0 Å². The lowest BCUT2D eigenvalue weighted by Crippen LogP contribution is -1.78. The van der Waals surface area contributed by atoms with Crippen LogP contribution in [0.25, 0.3) is 11.3 Å². The van der Waals surface area contributed by atoms with Gasteiger partial charge in [0.05, 0.1) is 0 Å². The Kier molecular flexibility index (Phi) is 1.71. The molecule has 0 saturated heterocycles. The van der Waals surface area contributed by atoms with Gasteiger partial charge in [0.25, 0.3) is 0 Å². The summed E-state index contributed by atoms with van der Waals surface area (Å²) in [6.45, 7) is 2.07. The van der Waals surface area contributed by atoms with Crippen molar-refractivity contribution >= 4 is 0 Å². The van der Waals surface area contributed by atoms with Crippen molar-refractivity contribution in [1.82, 2.24) is 0 Å². The lowest BCUT2D eigenvalue weighted by molar-refractivity contribution is 0.573. The highest BCUT2D eigenvalue weighted by molar-refractivity contribution is 5.61. The lowest BCUT2D eigenvalue weighted by atomic mass is 10.1. The van der Waals surface area contributed by atoms with Crippen molar-refractivity contribution in [2.24, 2.45) is 0 Å². The zero-order chi connectivity index (χ0) is 8.39. The van der Waals surface area contributed by atoms with Crippen LogP contribution in [0.15, 0.2) is 40.8 Å². The molecule has 0 aliphatic carbocycles. The first-order valence-corrected chi connectivity index (χ1v) is 3.90. The number of benzene rings is 1. The van der Waals surface area contributed by atoms with Gasteiger partial charge in [-0.15, -0.1) is 0 Å². The first-order chi connectivity index (χ1) is 5.88. The van der Waals surface area contributed by atoms with E-state index < -0.39 is 0 Å². The van der Waals surface area contributed by atoms with E-state index in [2.05, 4.69) is 19.3 Å². The Morgan fingerprint density at radius 2 is 2.00 bits per heavy atom. The second-order valence-electron chi connectivity index (χ2n) is 2.73. The summed E-state index contributed by atoms with van der Waals surface area (Å²) in [6.07, 6.45) is 2.68. The molecule has 0 bridgehead atoms. The van der Waals surface area contributed by atoms with E-state index in [4.69, 9.17) is 4.42 Å². The standard InChI is InChI=1S/C11H9O/c1-9-5-2-3-6-10(9)11-7-4-8-12-11/h2-7H,1H3. The summed E-state index contributed by atoms with van der Waals surface area (Å²) >= 11 is 0. The number of hydrogen-bond donors (Lipinski definition) is 0. The van der Waals surface area contributed by atoms with E-state index >= 15 is 0 Å². The molecule has 2 rings (SSSR count). The van der Waals surface area contributed by atoms with Crippen molar-refractivity contribution in [2.45, 2.75) is 6.92 Å². The van der Waals surface area contributed by atoms with Crippen LogP contribution in [-0.2, 0) is 0 Å². The summed E-state index contributed by atoms with van der Waals surface area (Å²) in [5.74, 6) is 0.883. The van der Waals surface area contributed by atoms with Gasteiger partial charge in [-0.3, -0.25) is 0 Å². The predicted octanol–water partition coefficient (Wildman–Crippen LogP) is 3.06. The molecular weight excluding hydrogens is 148 g/mol. The third kappa shape index (κ3) is 1.14. The van der Waals surface area contributed by atoms with Crippen LogP contribution < -0.4 is 0 Å². The number of hydrogen-bond acceptors (Lipinski definition) is 1. The maximum absolute atomic E-state index is 5.18. The molecule has 1 heterocycles. The minimum atomic E-state index is 0.883. The Morgan fingerprint density at radius 1 is 1.17 bits per heavy atom. The van der Waals surface area contributed by atoms with E-state index in [0.29, 0.717) is 0 Å². The second-order valence-corrected chi connectivity index (χ2v) is 2.73. The number of furan rings is 1. The van der Waals surface area contributed by atoms with Gasteiger partial charge < -0.3 is 4.42 Å². The Morgan fingerprint density at radius 3 is 2.67 bits per heavy atom. The predicted molar refractivity (Wildman–Crippen MR) is 47.7 cm³/mol. The smallest absolute Gasteiger partial charge is 0.170 e. The van der Waals surface area contributed by atoms with Gasteiger partial charge in [-0.2, -0.15) is 0 Å². The summed E-state index contributed by atoms with van der Waals surface area (Å²) in [7, 11) is 0. The first kappa shape index (κ1) is 7.17. The molecule has 1 aromatic carbocycles. The third-order valence-electron chi connectivity index (χ3n) is 1.88. The van der Waals surface area contributed by atoms with Crippen LogP contribution >= 0.6 is 0 Å². The molecule has 1 heteroatoms. The van der Waals surface area contributed by atoms with Crippen LogP contribution in [-0.4, -0.2) is 0 Å². The van der Waals surface area contributed by atoms with Gasteiger partial charge in [-0.1, -0.05) is 24.3 Å². The number of aryl methyl sites for hydroxylation is 1. The maximum Gasteiger partial charge on any atom is 0.170 e. The highest BCUT2D eigenvalue weighted by Crippen LogP contribution is 2.22. The minimum Gasteiger partial charge on any atom is -0.453 e. The zero-order valence-corrected chi connectivity index (χ0v) is 6.87. The average Bonchev–Trinajstić information content (AvgIpc) is 2.57. The lowest BCUT2D eigenvalue weighted by Gasteiger charge is -1.99. The quantitative estimate of drug-likeness (QED) is 0.620. The van der Waals surface area contributed by atoms with Gasteiger partial charge in [-0.05, 0) is 24.6 Å². The van der Waals surface area contributed by atoms with Crippen molar-refractivity contribution in [1.29, 1.82) is 0 Å². The van der Waals surface area contributed by atoms with Crippen LogP contribution in [0.3, 0.4) is 0 Å². The van der Waals surface area contributed by atoms with E-state index in [9.17, 15) is 0 Å². The van der Waals surface area contributed by atoms with Gasteiger partial charge >= 0.3 is 0 Å². The SMILES string of the molecule is Cc1ccccc1-c1cc[c]o1. The molecule has 2 aromatic rings. The van der Waals surface area contributed by atoms with E-state index in [1.165, 1.54) is 5.56 Å². The van der Waals surface area contributed by atoms with Crippen molar-refractivity contribution in [3.05, 3.63) is 48.2 Å². The van der Waals surface area contributed by atoms with Crippen LogP contribution in [0.2, 0.25) is 0 Å². The Bertz CT molecular complexity index is 360. The Labute approximate surface area is 71.6 Å². The summed E-state index contributed by atoms with van der Waals surface area (Å²) < 4.78 is 5.18. The molecule has 0 aliphatic heterocycles. The molecule has 12 heavy (non-hydrogen) atoms. The van der Waals surface area contributed by atoms with Crippen molar-refractivity contribution < 1.29 is 4.42 Å². The van der Waals surface area contributed by atoms with Crippen molar-refractivity contribution in [3.8, 4) is 11.3 Å². The molecule has 0 amide bonds. The average molecular weight is 157 g/mol. The second kappa shape index (κ2) is 2.86. The molecule has 1 nitrogen and oxygen atoms in total. The fourth-order valence-electron chi connectivity index (χ4n) is 1.24. The van der Waals surface area contributed by atoms with Crippen LogP contribution in [0.1, 0.15) is 5.56 Å². The van der Waals surface area contributed by atoms with Gasteiger partial charge in [-0.25, -0.2) is 0 Å². The molecule has 0 N–H and O–H groups in total. The topological polar surface area (TPSA) is 13.1 Å². The van der Waals surface area contributed by atoms with Crippen molar-refractivity contribution in [2.75, 3.05) is 0 Å². The van der Waals surface area contributed by atoms with E-state index in [1.54, 1.807) is 6.07 Å². The molecule has 0 aliphatic rings. The maximum atomic E-state index is 5.18. The molecule has 0 unspecified atom stereocenters. The minimum absolute atomic E-state index is 0.883. The Balaban J connectivity index is 2.55. The molecule has 0 fully saturated rings. The molecule has 0 atom stereocenters. The molecule has 1 radical (unpaired) electrons. The molecule has 1 aromatic heterocycles. The third-order valence-corrected chi connectivity index (χ3v) is 1.88. The highest BCUT2D eigenvalue weighted by atomic mass is 16.3. The van der Waals surface area contributed by atoms with E-state index in [-0.39, 0.29) is 0 Å². The van der Waals surface area contributed by atoms with Crippen LogP contribution in [0.5, 0.6) is 0 Å². The fourth-order valence-corrected chi connectivity index (χ4v) is 1.24. The zero-order valence-electron chi connectivity index (χ0n) is 6.87. The van der Waals surface area contributed by atoms with E-state index in [0.717, 1.165) is 11.3 Å². The van der Waals surface area contributed by atoms with Gasteiger partial charge in [0.15, 0.2) is 6.26 Å². The molecule has 0 spiro atoms. The molecule has 59 valence electrons. The summed E-state index contributed by atoms with van der Waals surface area (Å²) in [5.41, 5.74) is 2.36. The normalized spacial score (nSPS) is 10.1. The fraction of sp³-hybridized carbons (Fsp3) is 0.0909. The molecule has 0 saturated carbocycles. The Hall–Kier alpha value is -1.50. The summed E-state index contributed by atoms with van der Waals surface area (Å²) in [5, 5.41) is 0. The van der Waals surface area contributed by atoms with Gasteiger partial charge in [0.1, 0.15) is 5.76 Å². The summed E-state index contributed by atoms with van der Waals surface area (Å²) in [6, 6.07) is 11.8. The van der Waals surface area contributed by atoms with E-state index in [1.807, 2.05) is 24.3 Å². The number of rotatable bonds is 1.